The van der Waals surface area contributed by atoms with Crippen LogP contribution in [-0.4, -0.2) is 47.9 Å². The second kappa shape index (κ2) is 8.15. The zero-order valence-electron chi connectivity index (χ0n) is 18.4. The third-order valence-corrected chi connectivity index (χ3v) is 7.97. The Kier molecular flexibility index (Phi) is 5.21. The van der Waals surface area contributed by atoms with Crippen molar-refractivity contribution in [2.45, 2.75) is 24.9 Å². The Morgan fingerprint density at radius 1 is 1.21 bits per heavy atom. The number of rotatable bonds is 3. The minimum Gasteiger partial charge on any atom is -0.488 e. The summed E-state index contributed by atoms with van der Waals surface area (Å²) < 4.78 is 10.9. The minimum absolute atomic E-state index is 0.0975. The molecule has 6 nitrogen and oxygen atoms in total. The molecule has 174 valence electrons. The van der Waals surface area contributed by atoms with Crippen LogP contribution in [0.3, 0.4) is 0 Å². The average Bonchev–Trinajstić information content (AvgIpc) is 3.21. The third-order valence-electron chi connectivity index (χ3n) is 7.26. The maximum atomic E-state index is 13.5. The molecule has 1 N–H and O–H groups in total. The van der Waals surface area contributed by atoms with Gasteiger partial charge in [-0.05, 0) is 42.7 Å². The van der Waals surface area contributed by atoms with Gasteiger partial charge in [-0.15, -0.1) is 0 Å². The van der Waals surface area contributed by atoms with Crippen molar-refractivity contribution in [3.05, 3.63) is 69.9 Å². The van der Waals surface area contributed by atoms with Gasteiger partial charge in [0.1, 0.15) is 18.3 Å². The van der Waals surface area contributed by atoms with Crippen molar-refractivity contribution in [3.63, 3.8) is 0 Å². The molecule has 0 radical (unpaired) electrons. The highest BCUT2D eigenvalue weighted by Gasteiger charge is 2.50. The standard InChI is InChI=1S/C26H22Cl2N2O4/c1-33-26(32)18-10-20-24-17(15-4-2-3-5-19(15)29-24)9-21(25(18)31)30(20)11-13-12-34-22-8-14(27)6-7-16(22)23(13)28/h2-8,18,20-21,29H,9-12H2,1H3/t18?,20-,21+/m0/s1. The van der Waals surface area contributed by atoms with Crippen LogP contribution in [0.5, 0.6) is 5.75 Å². The van der Waals surface area contributed by atoms with E-state index in [2.05, 4.69) is 16.0 Å². The molecule has 3 aliphatic rings. The zero-order chi connectivity index (χ0) is 23.6. The fourth-order valence-electron chi connectivity index (χ4n) is 5.63. The number of carbonyl (C=O) groups is 2. The van der Waals surface area contributed by atoms with Gasteiger partial charge in [0, 0.05) is 39.3 Å². The zero-order valence-corrected chi connectivity index (χ0v) is 19.9. The van der Waals surface area contributed by atoms with Crippen LogP contribution in [-0.2, 0) is 20.7 Å². The number of Topliss-reactive ketones (excluding diaryl/α,β-unsaturated/α-hetero) is 1. The van der Waals surface area contributed by atoms with Crippen molar-refractivity contribution >= 4 is 50.9 Å². The first-order valence-corrected chi connectivity index (χ1v) is 12.0. The van der Waals surface area contributed by atoms with Gasteiger partial charge in [0.15, 0.2) is 5.78 Å². The Balaban J connectivity index is 1.42. The molecule has 0 amide bonds. The summed E-state index contributed by atoms with van der Waals surface area (Å²) in [6, 6.07) is 12.9. The Hall–Kier alpha value is -2.80. The molecule has 34 heavy (non-hydrogen) atoms. The second-order valence-electron chi connectivity index (χ2n) is 9.03. The number of aromatic nitrogens is 1. The highest BCUT2D eigenvalue weighted by molar-refractivity contribution is 6.49. The van der Waals surface area contributed by atoms with Crippen LogP contribution in [0.1, 0.15) is 29.3 Å². The summed E-state index contributed by atoms with van der Waals surface area (Å²) in [7, 11) is 1.33. The Morgan fingerprint density at radius 3 is 2.85 bits per heavy atom. The monoisotopic (exact) mass is 496 g/mol. The Labute approximate surface area is 206 Å². The van der Waals surface area contributed by atoms with Crippen LogP contribution in [0.2, 0.25) is 5.02 Å². The summed E-state index contributed by atoms with van der Waals surface area (Å²) in [5.41, 5.74) is 4.93. The van der Waals surface area contributed by atoms with Crippen LogP contribution in [0.25, 0.3) is 15.9 Å². The normalized spacial score (nSPS) is 24.0. The minimum atomic E-state index is -0.772. The second-order valence-corrected chi connectivity index (χ2v) is 9.85. The van der Waals surface area contributed by atoms with Crippen LogP contribution in [0, 0.1) is 5.92 Å². The fourth-order valence-corrected chi connectivity index (χ4v) is 6.07. The number of hydrogen-bond acceptors (Lipinski definition) is 5. The molecule has 0 spiro atoms. The number of esters is 1. The van der Waals surface area contributed by atoms with Crippen LogP contribution in [0.15, 0.2) is 48.0 Å². The van der Waals surface area contributed by atoms with Crippen LogP contribution < -0.4 is 4.74 Å². The summed E-state index contributed by atoms with van der Waals surface area (Å²) in [5.74, 6) is -0.687. The van der Waals surface area contributed by atoms with Gasteiger partial charge in [0.25, 0.3) is 0 Å². The van der Waals surface area contributed by atoms with Gasteiger partial charge in [-0.1, -0.05) is 41.4 Å². The summed E-state index contributed by atoms with van der Waals surface area (Å²) in [6.07, 6.45) is 0.889. The number of methoxy groups -OCH3 is 1. The van der Waals surface area contributed by atoms with Gasteiger partial charge in [-0.3, -0.25) is 14.5 Å². The van der Waals surface area contributed by atoms with E-state index in [0.29, 0.717) is 41.8 Å². The van der Waals surface area contributed by atoms with Gasteiger partial charge < -0.3 is 14.5 Å². The summed E-state index contributed by atoms with van der Waals surface area (Å²) in [6.45, 7) is 0.779. The predicted octanol–water partition coefficient (Wildman–Crippen LogP) is 4.89. The lowest BCUT2D eigenvalue weighted by atomic mass is 9.76. The smallest absolute Gasteiger partial charge is 0.316 e. The number of ketones is 1. The Morgan fingerprint density at radius 2 is 2.03 bits per heavy atom. The average molecular weight is 497 g/mol. The van der Waals surface area contributed by atoms with Crippen molar-refractivity contribution in [2.75, 3.05) is 20.3 Å². The number of nitrogens with zero attached hydrogens (tertiary/aromatic N) is 1. The molecule has 3 atom stereocenters. The third kappa shape index (κ3) is 3.28. The molecule has 1 fully saturated rings. The summed E-state index contributed by atoms with van der Waals surface area (Å²) in [4.78, 5) is 31.7. The molecule has 0 aliphatic carbocycles. The van der Waals surface area contributed by atoms with E-state index in [-0.39, 0.29) is 11.8 Å². The van der Waals surface area contributed by atoms with E-state index in [0.717, 1.165) is 33.3 Å². The number of carbonyl (C=O) groups excluding carboxylic acids is 2. The molecule has 2 bridgehead atoms. The molecule has 8 heteroatoms. The van der Waals surface area contributed by atoms with Crippen molar-refractivity contribution in [1.29, 1.82) is 0 Å². The molecule has 1 unspecified atom stereocenters. The highest BCUT2D eigenvalue weighted by Crippen LogP contribution is 2.46. The lowest BCUT2D eigenvalue weighted by molar-refractivity contribution is -0.156. The topological polar surface area (TPSA) is 71.6 Å². The number of ether oxygens (including phenoxy) is 2. The number of benzene rings is 2. The van der Waals surface area contributed by atoms with E-state index < -0.39 is 17.9 Å². The number of fused-ring (bicyclic) bond motifs is 7. The fraction of sp³-hybridized carbons (Fsp3) is 0.308. The first-order valence-electron chi connectivity index (χ1n) is 11.2. The summed E-state index contributed by atoms with van der Waals surface area (Å²) >= 11 is 12.9. The van der Waals surface area contributed by atoms with Crippen molar-refractivity contribution in [1.82, 2.24) is 9.88 Å². The number of H-pyrrole nitrogens is 1. The number of nitrogens with one attached hydrogen (secondary N) is 1. The lowest BCUT2D eigenvalue weighted by Gasteiger charge is -2.47. The van der Waals surface area contributed by atoms with Gasteiger partial charge in [-0.2, -0.15) is 0 Å². The number of para-hydroxylation sites is 1. The van der Waals surface area contributed by atoms with E-state index in [4.69, 9.17) is 32.7 Å². The van der Waals surface area contributed by atoms with Gasteiger partial charge in [0.2, 0.25) is 0 Å². The quantitative estimate of drug-likeness (QED) is 0.412. The van der Waals surface area contributed by atoms with Crippen LogP contribution >= 0.6 is 23.2 Å². The molecule has 1 aromatic heterocycles. The van der Waals surface area contributed by atoms with Gasteiger partial charge in [-0.25, -0.2) is 0 Å². The molecule has 3 aromatic rings. The van der Waals surface area contributed by atoms with E-state index in [1.54, 1.807) is 12.1 Å². The molecule has 1 saturated heterocycles. The molecule has 4 heterocycles. The maximum absolute atomic E-state index is 13.5. The Bertz CT molecular complexity index is 1380. The van der Waals surface area contributed by atoms with Gasteiger partial charge in [0.05, 0.1) is 24.2 Å². The predicted molar refractivity (Wildman–Crippen MR) is 130 cm³/mol. The molecule has 2 aromatic carbocycles. The molecule has 3 aliphatic heterocycles. The number of aromatic amines is 1. The van der Waals surface area contributed by atoms with E-state index in [1.165, 1.54) is 7.11 Å². The number of piperidine rings is 1. The van der Waals surface area contributed by atoms with E-state index in [9.17, 15) is 9.59 Å². The molecular formula is C26H22Cl2N2O4. The first kappa shape index (κ1) is 21.7. The van der Waals surface area contributed by atoms with E-state index in [1.807, 2.05) is 24.3 Å². The highest BCUT2D eigenvalue weighted by atomic mass is 35.5. The van der Waals surface area contributed by atoms with E-state index >= 15 is 0 Å². The summed E-state index contributed by atoms with van der Waals surface area (Å²) in [5, 5.41) is 2.33. The van der Waals surface area contributed by atoms with Crippen molar-refractivity contribution in [3.8, 4) is 5.75 Å². The molecular weight excluding hydrogens is 475 g/mol. The largest absolute Gasteiger partial charge is 0.488 e. The maximum Gasteiger partial charge on any atom is 0.316 e. The number of hydrogen-bond donors (Lipinski definition) is 1. The number of halogens is 2. The van der Waals surface area contributed by atoms with Crippen molar-refractivity contribution in [2.24, 2.45) is 5.92 Å². The lowest BCUT2D eigenvalue weighted by Crippen LogP contribution is -2.57. The van der Waals surface area contributed by atoms with Crippen LogP contribution in [0.4, 0.5) is 0 Å². The molecule has 6 rings (SSSR count). The van der Waals surface area contributed by atoms with Crippen molar-refractivity contribution < 1.29 is 19.1 Å². The molecule has 0 saturated carbocycles. The van der Waals surface area contributed by atoms with Gasteiger partial charge >= 0.3 is 5.97 Å². The SMILES string of the molecule is COC(=O)C1C[C@H]2c3[nH]c4ccccc4c3C[C@H](C1=O)N2CC1=C(Cl)c2ccc(Cl)cc2OC1. The first-order chi connectivity index (χ1) is 16.5.